The number of benzene rings is 2. The maximum Gasteiger partial charge on any atom is 0.321 e. The third-order valence-electron chi connectivity index (χ3n) is 3.80. The molecule has 2 N–H and O–H groups in total. The summed E-state index contributed by atoms with van der Waals surface area (Å²) in [5.74, 6) is 0. The Kier molecular flexibility index (Phi) is 5.80. The number of carbonyl (C=O) groups excluding carboxylic acids is 1. The molecule has 134 valence electrons. The average molecular weight is 367 g/mol. The van der Waals surface area contributed by atoms with Crippen molar-refractivity contribution in [1.82, 2.24) is 15.5 Å². The summed E-state index contributed by atoms with van der Waals surface area (Å²) in [6.45, 7) is 3.23. The Morgan fingerprint density at radius 2 is 1.77 bits per heavy atom. The van der Waals surface area contributed by atoms with Crippen molar-refractivity contribution in [3.8, 4) is 0 Å². The van der Waals surface area contributed by atoms with E-state index >= 15 is 0 Å². The summed E-state index contributed by atoms with van der Waals surface area (Å²) in [7, 11) is 1.95. The topological polar surface area (TPSA) is 70.1 Å². The zero-order valence-corrected chi connectivity index (χ0v) is 15.6. The number of amides is 2. The number of urea groups is 1. The molecule has 0 aliphatic rings. The summed E-state index contributed by atoms with van der Waals surface area (Å²) < 4.78 is 0. The van der Waals surface area contributed by atoms with E-state index in [-0.39, 0.29) is 6.03 Å². The molecule has 3 aromatic rings. The van der Waals surface area contributed by atoms with Crippen LogP contribution in [-0.2, 0) is 13.1 Å². The molecule has 0 bridgehead atoms. The van der Waals surface area contributed by atoms with Gasteiger partial charge in [-0.15, -0.1) is 10.2 Å². The van der Waals surface area contributed by atoms with Crippen LogP contribution in [0.25, 0.3) is 0 Å². The molecule has 0 spiro atoms. The third-order valence-corrected chi connectivity index (χ3v) is 4.75. The quantitative estimate of drug-likeness (QED) is 0.695. The van der Waals surface area contributed by atoms with E-state index in [4.69, 9.17) is 0 Å². The van der Waals surface area contributed by atoms with Crippen molar-refractivity contribution >= 4 is 27.6 Å². The molecular weight excluding hydrogens is 346 g/mol. The molecule has 2 aromatic carbocycles. The van der Waals surface area contributed by atoms with E-state index in [0.717, 1.165) is 17.2 Å². The Labute approximate surface area is 156 Å². The Bertz CT molecular complexity index is 848. The number of rotatable bonds is 6. The van der Waals surface area contributed by atoms with Crippen LogP contribution in [0.1, 0.15) is 16.7 Å². The van der Waals surface area contributed by atoms with Crippen LogP contribution < -0.4 is 15.5 Å². The highest BCUT2D eigenvalue weighted by Crippen LogP contribution is 2.24. The number of nitrogens with zero attached hydrogens (tertiary/aromatic N) is 3. The van der Waals surface area contributed by atoms with Gasteiger partial charge in [-0.3, -0.25) is 5.32 Å². The van der Waals surface area contributed by atoms with Crippen LogP contribution in [0.4, 0.5) is 15.1 Å². The summed E-state index contributed by atoms with van der Waals surface area (Å²) >= 11 is 1.34. The van der Waals surface area contributed by atoms with E-state index in [9.17, 15) is 4.79 Å². The van der Waals surface area contributed by atoms with E-state index < -0.39 is 0 Å². The zero-order valence-electron chi connectivity index (χ0n) is 14.8. The molecule has 3 rings (SSSR count). The van der Waals surface area contributed by atoms with Gasteiger partial charge in [0.2, 0.25) is 10.3 Å². The maximum absolute atomic E-state index is 12.0. The second kappa shape index (κ2) is 8.44. The lowest BCUT2D eigenvalue weighted by Crippen LogP contribution is -2.28. The molecule has 1 aromatic heterocycles. The van der Waals surface area contributed by atoms with Crippen molar-refractivity contribution in [2.75, 3.05) is 17.3 Å². The second-order valence-corrected chi connectivity index (χ2v) is 6.98. The summed E-state index contributed by atoms with van der Waals surface area (Å²) in [4.78, 5) is 14.0. The van der Waals surface area contributed by atoms with Crippen LogP contribution in [-0.4, -0.2) is 23.3 Å². The molecule has 0 radical (unpaired) electrons. The molecular formula is C19H21N5OS. The van der Waals surface area contributed by atoms with Crippen molar-refractivity contribution in [1.29, 1.82) is 0 Å². The first-order valence-electron chi connectivity index (χ1n) is 8.29. The monoisotopic (exact) mass is 367 g/mol. The van der Waals surface area contributed by atoms with Crippen molar-refractivity contribution < 1.29 is 4.79 Å². The SMILES string of the molecule is Cc1ccc(CNC(=O)Nc2nnc(N(C)Cc3ccccc3)s2)cc1. The van der Waals surface area contributed by atoms with Gasteiger partial charge in [0, 0.05) is 20.1 Å². The van der Waals surface area contributed by atoms with Gasteiger partial charge < -0.3 is 10.2 Å². The fourth-order valence-corrected chi connectivity index (χ4v) is 3.08. The van der Waals surface area contributed by atoms with Crippen LogP contribution in [0, 0.1) is 6.92 Å². The fraction of sp³-hybridized carbons (Fsp3) is 0.211. The van der Waals surface area contributed by atoms with Crippen molar-refractivity contribution in [3.63, 3.8) is 0 Å². The largest absolute Gasteiger partial charge is 0.345 e. The molecule has 0 atom stereocenters. The fourth-order valence-electron chi connectivity index (χ4n) is 2.37. The predicted molar refractivity (Wildman–Crippen MR) is 105 cm³/mol. The molecule has 0 saturated heterocycles. The van der Waals surface area contributed by atoms with Gasteiger partial charge in [-0.1, -0.05) is 71.5 Å². The average Bonchev–Trinajstić information content (AvgIpc) is 3.11. The first-order chi connectivity index (χ1) is 12.6. The molecule has 0 unspecified atom stereocenters. The Balaban J connectivity index is 1.51. The number of carbonyl (C=O) groups is 1. The normalized spacial score (nSPS) is 10.4. The number of hydrogen-bond acceptors (Lipinski definition) is 5. The molecule has 1 heterocycles. The van der Waals surface area contributed by atoms with Crippen LogP contribution in [0.15, 0.2) is 54.6 Å². The van der Waals surface area contributed by atoms with E-state index in [1.54, 1.807) is 0 Å². The maximum atomic E-state index is 12.0. The molecule has 0 saturated carbocycles. The highest BCUT2D eigenvalue weighted by atomic mass is 32.1. The lowest BCUT2D eigenvalue weighted by atomic mass is 10.1. The number of aromatic nitrogens is 2. The summed E-state index contributed by atoms with van der Waals surface area (Å²) in [5, 5.41) is 15.0. The van der Waals surface area contributed by atoms with Gasteiger partial charge in [0.15, 0.2) is 0 Å². The zero-order chi connectivity index (χ0) is 18.4. The Hall–Kier alpha value is -2.93. The second-order valence-electron chi connectivity index (χ2n) is 6.02. The first kappa shape index (κ1) is 17.9. The van der Waals surface area contributed by atoms with Gasteiger partial charge in [0.1, 0.15) is 0 Å². The molecule has 2 amide bonds. The highest BCUT2D eigenvalue weighted by molar-refractivity contribution is 7.19. The van der Waals surface area contributed by atoms with Crippen LogP contribution >= 0.6 is 11.3 Å². The van der Waals surface area contributed by atoms with Gasteiger partial charge in [0.25, 0.3) is 0 Å². The predicted octanol–water partition coefficient (Wildman–Crippen LogP) is 3.80. The minimum absolute atomic E-state index is 0.293. The van der Waals surface area contributed by atoms with Gasteiger partial charge in [-0.05, 0) is 18.1 Å². The van der Waals surface area contributed by atoms with E-state index in [1.807, 2.05) is 61.3 Å². The third kappa shape index (κ3) is 5.03. The number of aryl methyl sites for hydroxylation is 1. The lowest BCUT2D eigenvalue weighted by molar-refractivity contribution is 0.251. The Morgan fingerprint density at radius 3 is 2.50 bits per heavy atom. The lowest BCUT2D eigenvalue weighted by Gasteiger charge is -2.14. The standard InChI is InChI=1S/C19H21N5OS/c1-14-8-10-15(11-9-14)12-20-17(25)21-18-22-23-19(26-18)24(2)13-16-6-4-3-5-7-16/h3-11H,12-13H2,1-2H3,(H2,20,21,22,25). The molecule has 26 heavy (non-hydrogen) atoms. The number of nitrogens with one attached hydrogen (secondary N) is 2. The molecule has 7 heteroatoms. The van der Waals surface area contributed by atoms with E-state index in [1.165, 1.54) is 22.5 Å². The van der Waals surface area contributed by atoms with Crippen LogP contribution in [0.3, 0.4) is 0 Å². The van der Waals surface area contributed by atoms with Crippen molar-refractivity contribution in [3.05, 3.63) is 71.3 Å². The van der Waals surface area contributed by atoms with Crippen molar-refractivity contribution in [2.24, 2.45) is 0 Å². The van der Waals surface area contributed by atoms with Gasteiger partial charge >= 0.3 is 6.03 Å². The van der Waals surface area contributed by atoms with Gasteiger partial charge in [-0.2, -0.15) is 0 Å². The highest BCUT2D eigenvalue weighted by Gasteiger charge is 2.11. The number of anilines is 2. The van der Waals surface area contributed by atoms with E-state index in [0.29, 0.717) is 11.7 Å². The summed E-state index contributed by atoms with van der Waals surface area (Å²) in [6, 6.07) is 17.9. The van der Waals surface area contributed by atoms with Gasteiger partial charge in [0.05, 0.1) is 0 Å². The number of hydrogen-bond donors (Lipinski definition) is 2. The molecule has 6 nitrogen and oxygen atoms in total. The molecule has 0 aliphatic heterocycles. The Morgan fingerprint density at radius 1 is 1.04 bits per heavy atom. The minimum atomic E-state index is -0.293. The smallest absolute Gasteiger partial charge is 0.321 e. The summed E-state index contributed by atoms with van der Waals surface area (Å²) in [5.41, 5.74) is 3.43. The minimum Gasteiger partial charge on any atom is -0.345 e. The molecule has 0 fully saturated rings. The van der Waals surface area contributed by atoms with Crippen molar-refractivity contribution in [2.45, 2.75) is 20.0 Å². The van der Waals surface area contributed by atoms with Crippen LogP contribution in [0.2, 0.25) is 0 Å². The summed E-state index contributed by atoms with van der Waals surface area (Å²) in [6.07, 6.45) is 0. The van der Waals surface area contributed by atoms with Gasteiger partial charge in [-0.25, -0.2) is 4.79 Å². The molecule has 0 aliphatic carbocycles. The van der Waals surface area contributed by atoms with Crippen LogP contribution in [0.5, 0.6) is 0 Å². The first-order valence-corrected chi connectivity index (χ1v) is 9.11. The van der Waals surface area contributed by atoms with E-state index in [2.05, 4.69) is 33.0 Å².